The Bertz CT molecular complexity index is 581. The molecule has 4 nitrogen and oxygen atoms in total. The quantitative estimate of drug-likeness (QED) is 0.927. The van der Waals surface area contributed by atoms with Gasteiger partial charge >= 0.3 is 0 Å². The number of aliphatic hydroxyl groups is 1. The number of nitrogens with zero attached hydrogens (tertiary/aromatic N) is 1. The van der Waals surface area contributed by atoms with Crippen LogP contribution in [0.1, 0.15) is 60.4 Å². The molecule has 0 aromatic heterocycles. The van der Waals surface area contributed by atoms with Crippen molar-refractivity contribution >= 4 is 5.91 Å². The van der Waals surface area contributed by atoms with Gasteiger partial charge in [-0.25, -0.2) is 0 Å². The molecule has 3 fully saturated rings. The average Bonchev–Trinajstić information content (AvgIpc) is 2.99. The first kappa shape index (κ1) is 16.1. The van der Waals surface area contributed by atoms with Gasteiger partial charge in [0.2, 0.25) is 0 Å². The number of morpholine rings is 1. The Morgan fingerprint density at radius 2 is 1.83 bits per heavy atom. The number of aliphatic hydroxyl groups excluding tert-OH is 1. The van der Waals surface area contributed by atoms with Gasteiger partial charge in [0, 0.05) is 18.0 Å². The van der Waals surface area contributed by atoms with E-state index in [1.807, 2.05) is 17.0 Å². The van der Waals surface area contributed by atoms with Crippen molar-refractivity contribution < 1.29 is 14.6 Å². The molecule has 2 saturated carbocycles. The molecular formula is C20H27NO3. The van der Waals surface area contributed by atoms with Crippen LogP contribution in [-0.4, -0.2) is 47.8 Å². The first-order valence-electron chi connectivity index (χ1n) is 9.41. The van der Waals surface area contributed by atoms with Gasteiger partial charge in [0.05, 0.1) is 25.4 Å². The maximum absolute atomic E-state index is 13.0. The summed E-state index contributed by atoms with van der Waals surface area (Å²) in [5.74, 6) is 0.935. The normalized spacial score (nSPS) is 31.0. The predicted octanol–water partition coefficient (Wildman–Crippen LogP) is 2.96. The largest absolute Gasteiger partial charge is 0.393 e. The van der Waals surface area contributed by atoms with E-state index in [1.54, 1.807) is 0 Å². The fourth-order valence-electron chi connectivity index (χ4n) is 4.45. The SMILES string of the molecule is O=C(c1ccc(C2CCC2)cc1)N1CCOC[C@@H]1[C@H]1CCC[C@H]1O. The van der Waals surface area contributed by atoms with Gasteiger partial charge in [-0.05, 0) is 49.3 Å². The van der Waals surface area contributed by atoms with Crippen molar-refractivity contribution in [1.82, 2.24) is 4.90 Å². The van der Waals surface area contributed by atoms with E-state index in [0.717, 1.165) is 24.8 Å². The van der Waals surface area contributed by atoms with Crippen LogP contribution in [0.5, 0.6) is 0 Å². The molecule has 1 N–H and O–H groups in total. The predicted molar refractivity (Wildman–Crippen MR) is 92.0 cm³/mol. The van der Waals surface area contributed by atoms with E-state index in [9.17, 15) is 9.90 Å². The second-order valence-electron chi connectivity index (χ2n) is 7.55. The third-order valence-corrected chi connectivity index (χ3v) is 6.19. The van der Waals surface area contributed by atoms with Gasteiger partial charge in [-0.2, -0.15) is 0 Å². The minimum absolute atomic E-state index is 0.00931. The van der Waals surface area contributed by atoms with Gasteiger partial charge < -0.3 is 14.7 Å². The second kappa shape index (κ2) is 6.85. The molecule has 24 heavy (non-hydrogen) atoms. The molecule has 1 aliphatic heterocycles. The summed E-state index contributed by atoms with van der Waals surface area (Å²) in [5, 5.41) is 10.2. The minimum atomic E-state index is -0.298. The van der Waals surface area contributed by atoms with E-state index in [-0.39, 0.29) is 24.0 Å². The monoisotopic (exact) mass is 329 g/mol. The van der Waals surface area contributed by atoms with E-state index in [1.165, 1.54) is 24.8 Å². The molecule has 4 heteroatoms. The number of carbonyl (C=O) groups is 1. The van der Waals surface area contributed by atoms with Crippen LogP contribution >= 0.6 is 0 Å². The van der Waals surface area contributed by atoms with Crippen molar-refractivity contribution in [2.75, 3.05) is 19.8 Å². The lowest BCUT2D eigenvalue weighted by Crippen LogP contribution is -2.53. The molecule has 3 aliphatic rings. The summed E-state index contributed by atoms with van der Waals surface area (Å²) < 4.78 is 5.63. The van der Waals surface area contributed by atoms with Crippen LogP contribution in [0.2, 0.25) is 0 Å². The number of amides is 1. The Morgan fingerprint density at radius 3 is 2.46 bits per heavy atom. The Hall–Kier alpha value is -1.39. The Morgan fingerprint density at radius 1 is 1.08 bits per heavy atom. The highest BCUT2D eigenvalue weighted by Gasteiger charge is 2.39. The molecule has 2 aliphatic carbocycles. The fraction of sp³-hybridized carbons (Fsp3) is 0.650. The molecule has 0 spiro atoms. The lowest BCUT2D eigenvalue weighted by molar-refractivity contribution is -0.0383. The average molecular weight is 329 g/mol. The van der Waals surface area contributed by atoms with Crippen LogP contribution in [0.15, 0.2) is 24.3 Å². The lowest BCUT2D eigenvalue weighted by Gasteiger charge is -2.40. The number of hydrogen-bond acceptors (Lipinski definition) is 3. The molecular weight excluding hydrogens is 302 g/mol. The van der Waals surface area contributed by atoms with E-state index in [4.69, 9.17) is 4.74 Å². The van der Waals surface area contributed by atoms with E-state index < -0.39 is 0 Å². The summed E-state index contributed by atoms with van der Waals surface area (Å²) in [6, 6.07) is 8.21. The smallest absolute Gasteiger partial charge is 0.254 e. The highest BCUT2D eigenvalue weighted by Crippen LogP contribution is 2.36. The molecule has 0 radical (unpaired) electrons. The zero-order valence-electron chi connectivity index (χ0n) is 14.2. The molecule has 4 rings (SSSR count). The van der Waals surface area contributed by atoms with Gasteiger partial charge in [-0.3, -0.25) is 4.79 Å². The van der Waals surface area contributed by atoms with Gasteiger partial charge in [-0.1, -0.05) is 25.0 Å². The summed E-state index contributed by atoms with van der Waals surface area (Å²) >= 11 is 0. The van der Waals surface area contributed by atoms with Crippen LogP contribution in [0.25, 0.3) is 0 Å². The van der Waals surface area contributed by atoms with Gasteiger partial charge in [0.15, 0.2) is 0 Å². The fourth-order valence-corrected chi connectivity index (χ4v) is 4.45. The molecule has 130 valence electrons. The standard InChI is InChI=1S/C20H27NO3/c22-19-6-2-5-17(19)18-13-24-12-11-21(18)20(23)16-9-7-15(8-10-16)14-3-1-4-14/h7-10,14,17-19,22H,1-6,11-13H2/t17-,18-,19-/m1/s1. The van der Waals surface area contributed by atoms with E-state index in [2.05, 4.69) is 12.1 Å². The first-order chi connectivity index (χ1) is 11.7. The number of rotatable bonds is 3. The summed E-state index contributed by atoms with van der Waals surface area (Å²) in [5.41, 5.74) is 2.13. The van der Waals surface area contributed by atoms with Crippen molar-refractivity contribution in [2.45, 2.75) is 56.6 Å². The zero-order valence-corrected chi connectivity index (χ0v) is 14.2. The van der Waals surface area contributed by atoms with Crippen molar-refractivity contribution in [2.24, 2.45) is 5.92 Å². The summed E-state index contributed by atoms with van der Waals surface area (Å²) in [7, 11) is 0. The topological polar surface area (TPSA) is 49.8 Å². The van der Waals surface area contributed by atoms with Crippen molar-refractivity contribution in [3.8, 4) is 0 Å². The summed E-state index contributed by atoms with van der Waals surface area (Å²) in [6.45, 7) is 1.76. The molecule has 1 heterocycles. The van der Waals surface area contributed by atoms with E-state index >= 15 is 0 Å². The van der Waals surface area contributed by atoms with Crippen LogP contribution < -0.4 is 0 Å². The Labute approximate surface area is 143 Å². The molecule has 3 atom stereocenters. The maximum atomic E-state index is 13.0. The molecule has 1 amide bonds. The molecule has 1 aromatic carbocycles. The highest BCUT2D eigenvalue weighted by atomic mass is 16.5. The van der Waals surface area contributed by atoms with Gasteiger partial charge in [0.25, 0.3) is 5.91 Å². The number of ether oxygens (including phenoxy) is 1. The maximum Gasteiger partial charge on any atom is 0.254 e. The van der Waals surface area contributed by atoms with Crippen LogP contribution in [-0.2, 0) is 4.74 Å². The third-order valence-electron chi connectivity index (χ3n) is 6.19. The van der Waals surface area contributed by atoms with Crippen LogP contribution in [0.4, 0.5) is 0 Å². The summed E-state index contributed by atoms with van der Waals surface area (Å²) in [4.78, 5) is 15.0. The molecule has 0 bridgehead atoms. The van der Waals surface area contributed by atoms with Crippen molar-refractivity contribution in [1.29, 1.82) is 0 Å². The number of benzene rings is 1. The zero-order chi connectivity index (χ0) is 16.5. The van der Waals surface area contributed by atoms with Gasteiger partial charge in [0.1, 0.15) is 0 Å². The highest BCUT2D eigenvalue weighted by molar-refractivity contribution is 5.94. The lowest BCUT2D eigenvalue weighted by atomic mass is 9.80. The van der Waals surface area contributed by atoms with E-state index in [0.29, 0.717) is 25.7 Å². The third kappa shape index (κ3) is 2.98. The molecule has 1 saturated heterocycles. The van der Waals surface area contributed by atoms with Crippen LogP contribution in [0, 0.1) is 5.92 Å². The number of carbonyl (C=O) groups excluding carboxylic acids is 1. The van der Waals surface area contributed by atoms with Crippen molar-refractivity contribution in [3.05, 3.63) is 35.4 Å². The first-order valence-corrected chi connectivity index (χ1v) is 9.41. The second-order valence-corrected chi connectivity index (χ2v) is 7.55. The Kier molecular flexibility index (Phi) is 4.59. The molecule has 0 unspecified atom stereocenters. The molecule has 1 aromatic rings. The number of hydrogen-bond donors (Lipinski definition) is 1. The minimum Gasteiger partial charge on any atom is -0.393 e. The van der Waals surface area contributed by atoms with Crippen LogP contribution in [0.3, 0.4) is 0 Å². The van der Waals surface area contributed by atoms with Gasteiger partial charge in [-0.15, -0.1) is 0 Å². The van der Waals surface area contributed by atoms with Crippen molar-refractivity contribution in [3.63, 3.8) is 0 Å². The Balaban J connectivity index is 1.50. The summed E-state index contributed by atoms with van der Waals surface area (Å²) in [6.07, 6.45) is 6.45.